The van der Waals surface area contributed by atoms with Gasteiger partial charge in [-0.05, 0) is 73.8 Å². The van der Waals surface area contributed by atoms with E-state index in [0.717, 1.165) is 11.4 Å². The summed E-state index contributed by atoms with van der Waals surface area (Å²) < 4.78 is 0. The first-order valence-electron chi connectivity index (χ1n) is 13.6. The monoisotopic (exact) mass is 491 g/mol. The summed E-state index contributed by atoms with van der Waals surface area (Å²) in [6.45, 7) is 6.96. The summed E-state index contributed by atoms with van der Waals surface area (Å²) >= 11 is 0. The zero-order valence-corrected chi connectivity index (χ0v) is 22.3. The molecule has 0 heterocycles. The molecular formula is C37H33N. The van der Waals surface area contributed by atoms with Crippen LogP contribution in [0.25, 0.3) is 43.8 Å². The SMILES string of the molecule is CC(C)[C@H](C)c1cccc2cccc(-c3ccccc3Nc3ccc(-c4cccc5ccccc45)cc3)c12. The van der Waals surface area contributed by atoms with Crippen LogP contribution < -0.4 is 5.32 Å². The summed E-state index contributed by atoms with van der Waals surface area (Å²) in [6, 6.07) is 46.0. The van der Waals surface area contributed by atoms with Gasteiger partial charge in [-0.3, -0.25) is 0 Å². The van der Waals surface area contributed by atoms with Crippen LogP contribution in [0.15, 0.2) is 127 Å². The highest BCUT2D eigenvalue weighted by atomic mass is 14.9. The Morgan fingerprint density at radius 1 is 0.500 bits per heavy atom. The van der Waals surface area contributed by atoms with E-state index in [1.165, 1.54) is 49.4 Å². The van der Waals surface area contributed by atoms with Gasteiger partial charge in [0.05, 0.1) is 0 Å². The number of para-hydroxylation sites is 1. The lowest BCUT2D eigenvalue weighted by Gasteiger charge is -2.21. The number of nitrogens with one attached hydrogen (secondary N) is 1. The highest BCUT2D eigenvalue weighted by Crippen LogP contribution is 2.40. The van der Waals surface area contributed by atoms with Crippen molar-refractivity contribution in [3.63, 3.8) is 0 Å². The van der Waals surface area contributed by atoms with Gasteiger partial charge in [-0.15, -0.1) is 0 Å². The van der Waals surface area contributed by atoms with Crippen LogP contribution in [0.1, 0.15) is 32.3 Å². The molecule has 6 rings (SSSR count). The molecule has 0 aliphatic heterocycles. The fourth-order valence-electron chi connectivity index (χ4n) is 5.53. The van der Waals surface area contributed by atoms with Gasteiger partial charge in [0.2, 0.25) is 0 Å². The molecule has 0 aliphatic carbocycles. The summed E-state index contributed by atoms with van der Waals surface area (Å²) in [5, 5.41) is 8.92. The molecule has 1 nitrogen and oxygen atoms in total. The maximum atomic E-state index is 3.72. The molecule has 6 aromatic carbocycles. The maximum Gasteiger partial charge on any atom is 0.0464 e. The molecule has 38 heavy (non-hydrogen) atoms. The van der Waals surface area contributed by atoms with Crippen LogP contribution in [-0.2, 0) is 0 Å². The van der Waals surface area contributed by atoms with Crippen molar-refractivity contribution in [2.45, 2.75) is 26.7 Å². The Kier molecular flexibility index (Phi) is 6.43. The van der Waals surface area contributed by atoms with Gasteiger partial charge in [0.25, 0.3) is 0 Å². The van der Waals surface area contributed by atoms with E-state index in [0.29, 0.717) is 11.8 Å². The predicted octanol–water partition coefficient (Wildman–Crippen LogP) is 10.8. The normalized spacial score (nSPS) is 12.2. The number of fused-ring (bicyclic) bond motifs is 2. The van der Waals surface area contributed by atoms with E-state index in [1.807, 2.05) is 0 Å². The van der Waals surface area contributed by atoms with Gasteiger partial charge in [0.1, 0.15) is 0 Å². The van der Waals surface area contributed by atoms with E-state index < -0.39 is 0 Å². The number of hydrogen-bond donors (Lipinski definition) is 1. The molecular weight excluding hydrogens is 458 g/mol. The van der Waals surface area contributed by atoms with Crippen molar-refractivity contribution in [2.24, 2.45) is 5.92 Å². The first-order chi connectivity index (χ1) is 18.6. The van der Waals surface area contributed by atoms with E-state index in [1.54, 1.807) is 0 Å². The van der Waals surface area contributed by atoms with Crippen LogP contribution in [-0.4, -0.2) is 0 Å². The van der Waals surface area contributed by atoms with Crippen molar-refractivity contribution in [3.8, 4) is 22.3 Å². The molecule has 0 spiro atoms. The summed E-state index contributed by atoms with van der Waals surface area (Å²) in [4.78, 5) is 0. The zero-order chi connectivity index (χ0) is 26.1. The first kappa shape index (κ1) is 24.0. The predicted molar refractivity (Wildman–Crippen MR) is 165 cm³/mol. The summed E-state index contributed by atoms with van der Waals surface area (Å²) in [6.07, 6.45) is 0. The van der Waals surface area contributed by atoms with Crippen LogP contribution in [0.4, 0.5) is 11.4 Å². The molecule has 0 fully saturated rings. The Labute approximate surface area is 225 Å². The van der Waals surface area contributed by atoms with Crippen molar-refractivity contribution in [3.05, 3.63) is 133 Å². The molecule has 0 aliphatic rings. The highest BCUT2D eigenvalue weighted by molar-refractivity contribution is 6.02. The molecule has 1 N–H and O–H groups in total. The maximum absolute atomic E-state index is 3.72. The lowest BCUT2D eigenvalue weighted by molar-refractivity contribution is 0.538. The second kappa shape index (κ2) is 10.2. The van der Waals surface area contributed by atoms with Crippen molar-refractivity contribution in [2.75, 3.05) is 5.32 Å². The Morgan fingerprint density at radius 2 is 1.11 bits per heavy atom. The zero-order valence-electron chi connectivity index (χ0n) is 22.3. The van der Waals surface area contributed by atoms with E-state index in [-0.39, 0.29) is 0 Å². The molecule has 6 aromatic rings. The third kappa shape index (κ3) is 4.46. The lowest BCUT2D eigenvalue weighted by atomic mass is 9.84. The molecule has 0 saturated heterocycles. The Bertz CT molecular complexity index is 1720. The average Bonchev–Trinajstić information content (AvgIpc) is 2.96. The van der Waals surface area contributed by atoms with Gasteiger partial charge in [-0.2, -0.15) is 0 Å². The first-order valence-corrected chi connectivity index (χ1v) is 13.6. The minimum Gasteiger partial charge on any atom is -0.355 e. The van der Waals surface area contributed by atoms with Crippen LogP contribution in [0.2, 0.25) is 0 Å². The highest BCUT2D eigenvalue weighted by Gasteiger charge is 2.17. The lowest BCUT2D eigenvalue weighted by Crippen LogP contribution is -2.03. The van der Waals surface area contributed by atoms with Crippen molar-refractivity contribution < 1.29 is 0 Å². The van der Waals surface area contributed by atoms with E-state index >= 15 is 0 Å². The van der Waals surface area contributed by atoms with Gasteiger partial charge in [-0.25, -0.2) is 0 Å². The summed E-state index contributed by atoms with van der Waals surface area (Å²) in [7, 11) is 0. The molecule has 1 heteroatoms. The minimum absolute atomic E-state index is 0.474. The second-order valence-electron chi connectivity index (χ2n) is 10.6. The van der Waals surface area contributed by atoms with E-state index in [9.17, 15) is 0 Å². The van der Waals surface area contributed by atoms with Crippen LogP contribution in [0.3, 0.4) is 0 Å². The fraction of sp³-hybridized carbons (Fsp3) is 0.135. The molecule has 0 bridgehead atoms. The van der Waals surface area contributed by atoms with Crippen molar-refractivity contribution in [1.29, 1.82) is 0 Å². The van der Waals surface area contributed by atoms with Gasteiger partial charge >= 0.3 is 0 Å². The molecule has 0 unspecified atom stereocenters. The standard InChI is InChI=1S/C37H33N/c1-25(2)26(3)31-17-9-13-29-14-10-19-35(37(29)31)34-16-6-7-20-36(34)38-30-23-21-28(22-24-30)33-18-8-12-27-11-4-5-15-32(27)33/h4-26,38H,1-3H3/t26-/m0/s1. The number of hydrogen-bond acceptors (Lipinski definition) is 1. The Balaban J connectivity index is 1.39. The third-order valence-electron chi connectivity index (χ3n) is 7.91. The number of benzene rings is 6. The van der Waals surface area contributed by atoms with Crippen molar-refractivity contribution >= 4 is 32.9 Å². The van der Waals surface area contributed by atoms with Gasteiger partial charge in [-0.1, -0.05) is 130 Å². The number of rotatable bonds is 6. The van der Waals surface area contributed by atoms with Gasteiger partial charge < -0.3 is 5.32 Å². The Hall–Kier alpha value is -4.36. The summed E-state index contributed by atoms with van der Waals surface area (Å²) in [5.41, 5.74) is 8.60. The molecule has 186 valence electrons. The van der Waals surface area contributed by atoms with Gasteiger partial charge in [0, 0.05) is 16.9 Å². The number of anilines is 2. The molecule has 0 aromatic heterocycles. The molecule has 0 saturated carbocycles. The third-order valence-corrected chi connectivity index (χ3v) is 7.91. The van der Waals surface area contributed by atoms with Crippen LogP contribution in [0, 0.1) is 5.92 Å². The molecule has 1 atom stereocenters. The largest absolute Gasteiger partial charge is 0.355 e. The van der Waals surface area contributed by atoms with Crippen LogP contribution >= 0.6 is 0 Å². The smallest absolute Gasteiger partial charge is 0.0464 e. The fourth-order valence-corrected chi connectivity index (χ4v) is 5.53. The van der Waals surface area contributed by atoms with Crippen LogP contribution in [0.5, 0.6) is 0 Å². The topological polar surface area (TPSA) is 12.0 Å². The van der Waals surface area contributed by atoms with Gasteiger partial charge in [0.15, 0.2) is 0 Å². The average molecular weight is 492 g/mol. The second-order valence-corrected chi connectivity index (χ2v) is 10.6. The molecule has 0 amide bonds. The quantitative estimate of drug-likeness (QED) is 0.244. The Morgan fingerprint density at radius 3 is 1.89 bits per heavy atom. The summed E-state index contributed by atoms with van der Waals surface area (Å²) in [5.74, 6) is 1.05. The van der Waals surface area contributed by atoms with Crippen molar-refractivity contribution in [1.82, 2.24) is 0 Å². The van der Waals surface area contributed by atoms with E-state index in [4.69, 9.17) is 0 Å². The minimum atomic E-state index is 0.474. The van der Waals surface area contributed by atoms with E-state index in [2.05, 4.69) is 153 Å². The molecule has 0 radical (unpaired) electrons.